The van der Waals surface area contributed by atoms with E-state index < -0.39 is 0 Å². The monoisotopic (exact) mass is 305 g/mol. The Morgan fingerprint density at radius 3 is 2.81 bits per heavy atom. The first kappa shape index (κ1) is 13.7. The molecule has 0 saturated carbocycles. The fourth-order valence-corrected chi connectivity index (χ4v) is 2.95. The van der Waals surface area contributed by atoms with Crippen LogP contribution in [0.5, 0.6) is 0 Å². The summed E-state index contributed by atoms with van der Waals surface area (Å²) in [4.78, 5) is 14.7. The molecule has 3 nitrogen and oxygen atoms in total. The van der Waals surface area contributed by atoms with Crippen LogP contribution in [0.1, 0.15) is 18.2 Å². The number of nitrogens with zero attached hydrogens (tertiary/aromatic N) is 1. The molecule has 0 spiro atoms. The van der Waals surface area contributed by atoms with Crippen molar-refractivity contribution in [1.82, 2.24) is 4.90 Å². The number of amides is 1. The van der Waals surface area contributed by atoms with Crippen molar-refractivity contribution in [3.8, 4) is 0 Å². The van der Waals surface area contributed by atoms with Crippen LogP contribution in [0.4, 0.5) is 0 Å². The molecule has 0 saturated heterocycles. The highest BCUT2D eigenvalue weighted by atomic mass is 79.9. The number of halogens is 1. The Morgan fingerprint density at radius 2 is 2.38 bits per heavy atom. The molecule has 0 radical (unpaired) electrons. The molecule has 0 aromatic carbocycles. The fraction of sp³-hybridized carbons (Fsp3) is 0.545. The lowest BCUT2D eigenvalue weighted by Gasteiger charge is -2.21. The summed E-state index contributed by atoms with van der Waals surface area (Å²) in [5.74, 6) is -0.261. The molecule has 90 valence electrons. The van der Waals surface area contributed by atoms with Gasteiger partial charge in [0.05, 0.1) is 19.1 Å². The van der Waals surface area contributed by atoms with E-state index >= 15 is 0 Å². The Kier molecular flexibility index (Phi) is 5.44. The Morgan fingerprint density at radius 1 is 1.69 bits per heavy atom. The Balaban J connectivity index is 2.57. The van der Waals surface area contributed by atoms with Gasteiger partial charge in [-0.25, -0.2) is 0 Å². The highest BCUT2D eigenvalue weighted by molar-refractivity contribution is 9.10. The summed E-state index contributed by atoms with van der Waals surface area (Å²) in [6.45, 7) is 2.44. The molecule has 0 aliphatic carbocycles. The minimum atomic E-state index is -0.270. The minimum Gasteiger partial charge on any atom is -0.396 e. The molecule has 1 aromatic heterocycles. The Labute approximate surface area is 108 Å². The lowest BCUT2D eigenvalue weighted by atomic mass is 10.1. The van der Waals surface area contributed by atoms with Crippen molar-refractivity contribution in [2.24, 2.45) is 5.92 Å². The maximum absolute atomic E-state index is 11.9. The van der Waals surface area contributed by atoms with Crippen LogP contribution in [0, 0.1) is 5.92 Å². The minimum absolute atomic E-state index is 0.00882. The molecule has 0 aliphatic rings. The first-order valence-corrected chi connectivity index (χ1v) is 6.84. The Hall–Kier alpha value is -0.390. The molecule has 1 atom stereocenters. The van der Waals surface area contributed by atoms with E-state index in [1.54, 1.807) is 23.3 Å². The molecule has 16 heavy (non-hydrogen) atoms. The number of thiophene rings is 1. The van der Waals surface area contributed by atoms with Crippen LogP contribution in [0.15, 0.2) is 15.9 Å². The van der Waals surface area contributed by atoms with Crippen molar-refractivity contribution < 1.29 is 9.90 Å². The summed E-state index contributed by atoms with van der Waals surface area (Å²) >= 11 is 5.00. The van der Waals surface area contributed by atoms with E-state index in [1.807, 2.05) is 18.4 Å². The molecule has 1 heterocycles. The SMILES string of the molecule is CCC(CO)C(=O)N(C)Cc1cc(Br)cs1. The highest BCUT2D eigenvalue weighted by Crippen LogP contribution is 2.21. The molecule has 0 fully saturated rings. The number of carbonyl (C=O) groups is 1. The topological polar surface area (TPSA) is 40.5 Å². The number of hydrogen-bond donors (Lipinski definition) is 1. The summed E-state index contributed by atoms with van der Waals surface area (Å²) in [5, 5.41) is 11.1. The van der Waals surface area contributed by atoms with E-state index in [0.29, 0.717) is 13.0 Å². The molecular formula is C11H16BrNO2S. The van der Waals surface area contributed by atoms with Gasteiger partial charge in [-0.15, -0.1) is 11.3 Å². The van der Waals surface area contributed by atoms with Crippen LogP contribution >= 0.6 is 27.3 Å². The average Bonchev–Trinajstić information content (AvgIpc) is 2.65. The van der Waals surface area contributed by atoms with Gasteiger partial charge >= 0.3 is 0 Å². The smallest absolute Gasteiger partial charge is 0.228 e. The lowest BCUT2D eigenvalue weighted by molar-refractivity contribution is -0.136. The van der Waals surface area contributed by atoms with Crippen LogP contribution in [0.25, 0.3) is 0 Å². The number of carbonyl (C=O) groups excluding carboxylic acids is 1. The zero-order valence-electron chi connectivity index (χ0n) is 9.44. The van der Waals surface area contributed by atoms with Gasteiger partial charge in [0.15, 0.2) is 0 Å². The second-order valence-corrected chi connectivity index (χ2v) is 5.62. The normalized spacial score (nSPS) is 12.5. The second kappa shape index (κ2) is 6.37. The first-order valence-electron chi connectivity index (χ1n) is 5.17. The van der Waals surface area contributed by atoms with Crippen LogP contribution < -0.4 is 0 Å². The summed E-state index contributed by atoms with van der Waals surface area (Å²) in [6, 6.07) is 2.01. The zero-order chi connectivity index (χ0) is 12.1. The standard InChI is InChI=1S/C11H16BrNO2S/c1-3-8(6-14)11(15)13(2)5-10-4-9(12)7-16-10/h4,7-8,14H,3,5-6H2,1-2H3. The fourth-order valence-electron chi connectivity index (χ4n) is 1.44. The number of hydrogen-bond acceptors (Lipinski definition) is 3. The third-order valence-electron chi connectivity index (χ3n) is 2.45. The third kappa shape index (κ3) is 3.57. The second-order valence-electron chi connectivity index (χ2n) is 3.71. The summed E-state index contributed by atoms with van der Waals surface area (Å²) in [5.41, 5.74) is 0. The molecule has 5 heteroatoms. The summed E-state index contributed by atoms with van der Waals surface area (Å²) < 4.78 is 1.04. The van der Waals surface area contributed by atoms with Crippen molar-refractivity contribution in [3.05, 3.63) is 20.8 Å². The lowest BCUT2D eigenvalue weighted by Crippen LogP contribution is -2.33. The van der Waals surface area contributed by atoms with Crippen molar-refractivity contribution in [1.29, 1.82) is 0 Å². The quantitative estimate of drug-likeness (QED) is 0.908. The van der Waals surface area contributed by atoms with Gasteiger partial charge in [0.25, 0.3) is 0 Å². The Bertz CT molecular complexity index is 350. The van der Waals surface area contributed by atoms with E-state index in [1.165, 1.54) is 0 Å². The average molecular weight is 306 g/mol. The summed E-state index contributed by atoms with van der Waals surface area (Å²) in [7, 11) is 1.77. The molecule has 1 rings (SSSR count). The number of aliphatic hydroxyl groups is 1. The molecule has 1 N–H and O–H groups in total. The van der Waals surface area contributed by atoms with E-state index in [0.717, 1.165) is 9.35 Å². The van der Waals surface area contributed by atoms with E-state index in [2.05, 4.69) is 15.9 Å². The van der Waals surface area contributed by atoms with E-state index in [9.17, 15) is 4.79 Å². The first-order chi connectivity index (χ1) is 7.58. The van der Waals surface area contributed by atoms with E-state index in [4.69, 9.17) is 5.11 Å². The summed E-state index contributed by atoms with van der Waals surface area (Å²) in [6.07, 6.45) is 0.674. The van der Waals surface area contributed by atoms with Crippen molar-refractivity contribution in [3.63, 3.8) is 0 Å². The highest BCUT2D eigenvalue weighted by Gasteiger charge is 2.19. The largest absolute Gasteiger partial charge is 0.396 e. The van der Waals surface area contributed by atoms with Gasteiger partial charge < -0.3 is 10.0 Å². The molecule has 1 aromatic rings. The van der Waals surface area contributed by atoms with Gasteiger partial charge in [-0.05, 0) is 28.4 Å². The molecule has 0 aliphatic heterocycles. The van der Waals surface area contributed by atoms with Gasteiger partial charge in [-0.2, -0.15) is 0 Å². The van der Waals surface area contributed by atoms with Crippen LogP contribution in [0.3, 0.4) is 0 Å². The molecule has 1 amide bonds. The van der Waals surface area contributed by atoms with Crippen molar-refractivity contribution in [2.75, 3.05) is 13.7 Å². The zero-order valence-corrected chi connectivity index (χ0v) is 11.8. The van der Waals surface area contributed by atoms with Gasteiger partial charge in [0.1, 0.15) is 0 Å². The van der Waals surface area contributed by atoms with Crippen molar-refractivity contribution >= 4 is 33.2 Å². The van der Waals surface area contributed by atoms with Gasteiger partial charge in [-0.3, -0.25) is 4.79 Å². The predicted octanol–water partition coefficient (Wildman–Crippen LogP) is 2.49. The molecular weight excluding hydrogens is 290 g/mol. The number of rotatable bonds is 5. The van der Waals surface area contributed by atoms with Gasteiger partial charge in [0.2, 0.25) is 5.91 Å². The van der Waals surface area contributed by atoms with Gasteiger partial charge in [0, 0.05) is 21.8 Å². The van der Waals surface area contributed by atoms with Crippen molar-refractivity contribution in [2.45, 2.75) is 19.9 Å². The van der Waals surface area contributed by atoms with Gasteiger partial charge in [-0.1, -0.05) is 6.92 Å². The number of aliphatic hydroxyl groups excluding tert-OH is 1. The van der Waals surface area contributed by atoms with E-state index in [-0.39, 0.29) is 18.4 Å². The predicted molar refractivity (Wildman–Crippen MR) is 69.4 cm³/mol. The van der Waals surface area contributed by atoms with Crippen LogP contribution in [-0.2, 0) is 11.3 Å². The van der Waals surface area contributed by atoms with Crippen LogP contribution in [0.2, 0.25) is 0 Å². The maximum atomic E-state index is 11.9. The molecule has 0 bridgehead atoms. The third-order valence-corrected chi connectivity index (χ3v) is 4.14. The van der Waals surface area contributed by atoms with Crippen LogP contribution in [-0.4, -0.2) is 29.6 Å². The maximum Gasteiger partial charge on any atom is 0.228 e. The molecule has 1 unspecified atom stereocenters.